The lowest BCUT2D eigenvalue weighted by molar-refractivity contribution is -0.121. The van der Waals surface area contributed by atoms with Crippen LogP contribution in [-0.2, 0) is 20.7 Å². The van der Waals surface area contributed by atoms with Gasteiger partial charge >= 0.3 is 0 Å². The lowest BCUT2D eigenvalue weighted by Crippen LogP contribution is -2.19. The summed E-state index contributed by atoms with van der Waals surface area (Å²) in [5.41, 5.74) is 2.12. The second-order valence-electron chi connectivity index (χ2n) is 4.75. The highest BCUT2D eigenvalue weighted by Crippen LogP contribution is 2.12. The third kappa shape index (κ3) is 7.26. The summed E-state index contributed by atoms with van der Waals surface area (Å²) in [5.74, 6) is -0.139. The predicted octanol–water partition coefficient (Wildman–Crippen LogP) is 3.02. The first-order valence-corrected chi connectivity index (χ1v) is 7.21. The van der Waals surface area contributed by atoms with Crippen LogP contribution in [0.2, 0.25) is 0 Å². The van der Waals surface area contributed by atoms with Crippen molar-refractivity contribution >= 4 is 11.6 Å². The van der Waals surface area contributed by atoms with Gasteiger partial charge in [-0.15, -0.1) is 0 Å². The Labute approximate surface area is 121 Å². The molecule has 0 unspecified atom stereocenters. The van der Waals surface area contributed by atoms with Crippen molar-refractivity contribution in [1.82, 2.24) is 0 Å². The summed E-state index contributed by atoms with van der Waals surface area (Å²) >= 11 is 0. The zero-order chi connectivity index (χ0) is 14.6. The molecular formula is C16H25NO3. The molecule has 112 valence electrons. The zero-order valence-corrected chi connectivity index (χ0v) is 12.5. The SMILES string of the molecule is CCCCCc1ccc(NC(=O)COCCOC)cc1. The summed E-state index contributed by atoms with van der Waals surface area (Å²) < 4.78 is 10.00. The van der Waals surface area contributed by atoms with Gasteiger partial charge in [-0.1, -0.05) is 31.9 Å². The Hall–Kier alpha value is -1.39. The van der Waals surface area contributed by atoms with Crippen molar-refractivity contribution in [2.24, 2.45) is 0 Å². The van der Waals surface area contributed by atoms with Gasteiger partial charge in [0.05, 0.1) is 13.2 Å². The Morgan fingerprint density at radius 3 is 2.55 bits per heavy atom. The van der Waals surface area contributed by atoms with Crippen molar-refractivity contribution in [1.29, 1.82) is 0 Å². The molecule has 0 spiro atoms. The molecule has 0 aliphatic rings. The molecule has 0 radical (unpaired) electrons. The van der Waals surface area contributed by atoms with Crippen LogP contribution in [0.25, 0.3) is 0 Å². The van der Waals surface area contributed by atoms with Crippen molar-refractivity contribution in [3.63, 3.8) is 0 Å². The smallest absolute Gasteiger partial charge is 0.250 e. The van der Waals surface area contributed by atoms with E-state index in [1.165, 1.54) is 24.8 Å². The lowest BCUT2D eigenvalue weighted by Gasteiger charge is -2.07. The quantitative estimate of drug-likeness (QED) is 0.670. The van der Waals surface area contributed by atoms with E-state index >= 15 is 0 Å². The number of amides is 1. The summed E-state index contributed by atoms with van der Waals surface area (Å²) in [6.45, 7) is 3.19. The number of hydrogen-bond acceptors (Lipinski definition) is 3. The predicted molar refractivity (Wildman–Crippen MR) is 81.0 cm³/mol. The Balaban J connectivity index is 2.27. The number of hydrogen-bond donors (Lipinski definition) is 1. The summed E-state index contributed by atoms with van der Waals surface area (Å²) in [4.78, 5) is 11.6. The lowest BCUT2D eigenvalue weighted by atomic mass is 10.1. The number of carbonyl (C=O) groups excluding carboxylic acids is 1. The number of nitrogens with one attached hydrogen (secondary N) is 1. The normalized spacial score (nSPS) is 10.5. The summed E-state index contributed by atoms with van der Waals surface area (Å²) in [6.07, 6.45) is 4.81. The van der Waals surface area contributed by atoms with Crippen LogP contribution in [0.5, 0.6) is 0 Å². The summed E-state index contributed by atoms with van der Waals surface area (Å²) in [5, 5.41) is 2.81. The van der Waals surface area contributed by atoms with Gasteiger partial charge in [-0.3, -0.25) is 4.79 Å². The second kappa shape index (κ2) is 10.4. The summed E-state index contributed by atoms with van der Waals surface area (Å²) in [6, 6.07) is 8.01. The largest absolute Gasteiger partial charge is 0.382 e. The molecule has 1 aromatic carbocycles. The molecule has 0 saturated heterocycles. The van der Waals surface area contributed by atoms with Crippen LogP contribution in [-0.4, -0.2) is 32.8 Å². The Kier molecular flexibility index (Phi) is 8.67. The van der Waals surface area contributed by atoms with Crippen molar-refractivity contribution in [3.05, 3.63) is 29.8 Å². The number of unbranched alkanes of at least 4 members (excludes halogenated alkanes) is 2. The number of anilines is 1. The van der Waals surface area contributed by atoms with Crippen LogP contribution < -0.4 is 5.32 Å². The number of aryl methyl sites for hydroxylation is 1. The van der Waals surface area contributed by atoms with E-state index in [0.29, 0.717) is 13.2 Å². The van der Waals surface area contributed by atoms with Crippen LogP contribution in [0.3, 0.4) is 0 Å². The highest BCUT2D eigenvalue weighted by atomic mass is 16.5. The highest BCUT2D eigenvalue weighted by molar-refractivity contribution is 5.91. The molecule has 4 heteroatoms. The van der Waals surface area contributed by atoms with Crippen LogP contribution in [0.4, 0.5) is 5.69 Å². The molecule has 1 amide bonds. The third-order valence-corrected chi connectivity index (χ3v) is 2.97. The fraction of sp³-hybridized carbons (Fsp3) is 0.562. The van der Waals surface area contributed by atoms with E-state index in [2.05, 4.69) is 24.4 Å². The third-order valence-electron chi connectivity index (χ3n) is 2.97. The molecular weight excluding hydrogens is 254 g/mol. The molecule has 0 aliphatic heterocycles. The maximum atomic E-state index is 11.6. The fourth-order valence-electron chi connectivity index (χ4n) is 1.84. The number of methoxy groups -OCH3 is 1. The topological polar surface area (TPSA) is 47.6 Å². The van der Waals surface area contributed by atoms with Crippen LogP contribution in [0, 0.1) is 0 Å². The monoisotopic (exact) mass is 279 g/mol. The first-order valence-electron chi connectivity index (χ1n) is 7.21. The zero-order valence-electron chi connectivity index (χ0n) is 12.5. The van der Waals surface area contributed by atoms with Gasteiger partial charge < -0.3 is 14.8 Å². The average molecular weight is 279 g/mol. The molecule has 1 N–H and O–H groups in total. The molecule has 0 aliphatic carbocycles. The van der Waals surface area contributed by atoms with Gasteiger partial charge in [0.1, 0.15) is 6.61 Å². The molecule has 1 aromatic rings. The number of ether oxygens (including phenoxy) is 2. The molecule has 0 aromatic heterocycles. The average Bonchev–Trinajstić information content (AvgIpc) is 2.46. The fourth-order valence-corrected chi connectivity index (χ4v) is 1.84. The number of benzene rings is 1. The van der Waals surface area contributed by atoms with Gasteiger partial charge in [0.2, 0.25) is 5.91 Å². The van der Waals surface area contributed by atoms with Gasteiger partial charge in [0, 0.05) is 12.8 Å². The van der Waals surface area contributed by atoms with Gasteiger partial charge in [-0.2, -0.15) is 0 Å². The van der Waals surface area contributed by atoms with E-state index < -0.39 is 0 Å². The van der Waals surface area contributed by atoms with E-state index in [9.17, 15) is 4.79 Å². The standard InChI is InChI=1S/C16H25NO3/c1-3-4-5-6-14-7-9-15(10-8-14)17-16(18)13-20-12-11-19-2/h7-10H,3-6,11-13H2,1-2H3,(H,17,18). The molecule has 0 heterocycles. The minimum Gasteiger partial charge on any atom is -0.382 e. The Bertz CT molecular complexity index is 376. The maximum Gasteiger partial charge on any atom is 0.250 e. The van der Waals surface area contributed by atoms with Crippen molar-refractivity contribution < 1.29 is 14.3 Å². The first kappa shape index (κ1) is 16.7. The molecule has 0 bridgehead atoms. The molecule has 0 atom stereocenters. The number of rotatable bonds is 10. The maximum absolute atomic E-state index is 11.6. The Morgan fingerprint density at radius 1 is 1.15 bits per heavy atom. The molecule has 1 rings (SSSR count). The van der Waals surface area contributed by atoms with Gasteiger partial charge in [0.15, 0.2) is 0 Å². The second-order valence-corrected chi connectivity index (χ2v) is 4.75. The molecule has 4 nitrogen and oxygen atoms in total. The van der Waals surface area contributed by atoms with E-state index in [4.69, 9.17) is 9.47 Å². The van der Waals surface area contributed by atoms with Crippen molar-refractivity contribution in [2.75, 3.05) is 32.2 Å². The van der Waals surface area contributed by atoms with Crippen LogP contribution in [0.1, 0.15) is 31.7 Å². The van der Waals surface area contributed by atoms with E-state index in [1.807, 2.05) is 12.1 Å². The number of carbonyl (C=O) groups is 1. The van der Waals surface area contributed by atoms with E-state index in [-0.39, 0.29) is 12.5 Å². The van der Waals surface area contributed by atoms with Crippen LogP contribution >= 0.6 is 0 Å². The minimum atomic E-state index is -0.139. The molecule has 0 fully saturated rings. The van der Waals surface area contributed by atoms with Crippen molar-refractivity contribution in [2.45, 2.75) is 32.6 Å². The van der Waals surface area contributed by atoms with Gasteiger partial charge in [-0.05, 0) is 30.5 Å². The van der Waals surface area contributed by atoms with Gasteiger partial charge in [0.25, 0.3) is 0 Å². The van der Waals surface area contributed by atoms with E-state index in [0.717, 1.165) is 12.1 Å². The van der Waals surface area contributed by atoms with Crippen LogP contribution in [0.15, 0.2) is 24.3 Å². The summed E-state index contributed by atoms with van der Waals surface area (Å²) in [7, 11) is 1.60. The molecule has 20 heavy (non-hydrogen) atoms. The first-order chi connectivity index (χ1) is 9.76. The van der Waals surface area contributed by atoms with Crippen molar-refractivity contribution in [3.8, 4) is 0 Å². The molecule has 0 saturated carbocycles. The minimum absolute atomic E-state index is 0.0572. The highest BCUT2D eigenvalue weighted by Gasteiger charge is 2.02. The van der Waals surface area contributed by atoms with Gasteiger partial charge in [-0.25, -0.2) is 0 Å². The Morgan fingerprint density at radius 2 is 1.90 bits per heavy atom. The van der Waals surface area contributed by atoms with E-state index in [1.54, 1.807) is 7.11 Å².